The van der Waals surface area contributed by atoms with Gasteiger partial charge in [0.2, 0.25) is 0 Å². The molecule has 1 aromatic carbocycles. The van der Waals surface area contributed by atoms with Gasteiger partial charge in [-0.05, 0) is 45.0 Å². The summed E-state index contributed by atoms with van der Waals surface area (Å²) in [5.74, 6) is 0. The molecule has 15 heavy (non-hydrogen) atoms. The van der Waals surface area contributed by atoms with Crippen LogP contribution in [0.15, 0.2) is 29.2 Å². The lowest BCUT2D eigenvalue weighted by atomic mass is 10.3. The van der Waals surface area contributed by atoms with Crippen LogP contribution in [0.4, 0.5) is 5.69 Å². The standard InChI is InChI=1S/C11H17NO2S/c1-11(2,3)15(13,14)10-7-5-9(12-4)6-8-10/h5-8,12H,1-4H3. The molecule has 1 rings (SSSR count). The molecule has 1 aromatic rings. The zero-order chi connectivity index (χ0) is 11.7. The maximum Gasteiger partial charge on any atom is 0.183 e. The van der Waals surface area contributed by atoms with Crippen LogP contribution in [0.2, 0.25) is 0 Å². The van der Waals surface area contributed by atoms with E-state index in [1.165, 1.54) is 0 Å². The minimum Gasteiger partial charge on any atom is -0.388 e. The van der Waals surface area contributed by atoms with Gasteiger partial charge in [0.25, 0.3) is 0 Å². The van der Waals surface area contributed by atoms with Crippen molar-refractivity contribution in [2.45, 2.75) is 30.4 Å². The molecule has 0 aromatic heterocycles. The Morgan fingerprint density at radius 3 is 1.87 bits per heavy atom. The fraction of sp³-hybridized carbons (Fsp3) is 0.455. The SMILES string of the molecule is CNc1ccc(S(=O)(=O)C(C)(C)C)cc1. The molecule has 0 bridgehead atoms. The van der Waals surface area contributed by atoms with Crippen LogP contribution in [0.1, 0.15) is 20.8 Å². The molecule has 0 radical (unpaired) electrons. The largest absolute Gasteiger partial charge is 0.388 e. The fourth-order valence-corrected chi connectivity index (χ4v) is 2.36. The number of rotatable bonds is 2. The van der Waals surface area contributed by atoms with Crippen LogP contribution < -0.4 is 5.32 Å². The molecule has 0 amide bonds. The number of hydrogen-bond acceptors (Lipinski definition) is 3. The predicted octanol–water partition coefficient (Wildman–Crippen LogP) is 2.30. The Balaban J connectivity index is 3.18. The molecule has 0 aliphatic carbocycles. The summed E-state index contributed by atoms with van der Waals surface area (Å²) >= 11 is 0. The summed E-state index contributed by atoms with van der Waals surface area (Å²) in [7, 11) is -1.43. The van der Waals surface area contributed by atoms with Crippen molar-refractivity contribution in [3.8, 4) is 0 Å². The minimum absolute atomic E-state index is 0.369. The molecular formula is C11H17NO2S. The van der Waals surface area contributed by atoms with Crippen molar-refractivity contribution in [3.05, 3.63) is 24.3 Å². The van der Waals surface area contributed by atoms with E-state index in [-0.39, 0.29) is 0 Å². The van der Waals surface area contributed by atoms with Gasteiger partial charge in [-0.3, -0.25) is 0 Å². The first kappa shape index (κ1) is 12.0. The van der Waals surface area contributed by atoms with Crippen molar-refractivity contribution in [2.75, 3.05) is 12.4 Å². The normalized spacial score (nSPS) is 12.5. The number of nitrogens with one attached hydrogen (secondary N) is 1. The topological polar surface area (TPSA) is 46.2 Å². The lowest BCUT2D eigenvalue weighted by Crippen LogP contribution is -2.27. The molecule has 0 aliphatic heterocycles. The highest BCUT2D eigenvalue weighted by atomic mass is 32.2. The second-order valence-corrected chi connectivity index (χ2v) is 7.09. The maximum absolute atomic E-state index is 12.0. The van der Waals surface area contributed by atoms with Crippen molar-refractivity contribution in [2.24, 2.45) is 0 Å². The van der Waals surface area contributed by atoms with Gasteiger partial charge >= 0.3 is 0 Å². The van der Waals surface area contributed by atoms with E-state index in [2.05, 4.69) is 5.32 Å². The minimum atomic E-state index is -3.23. The molecule has 3 nitrogen and oxygen atoms in total. The molecule has 84 valence electrons. The molecule has 0 aliphatic rings. The van der Waals surface area contributed by atoms with Crippen molar-refractivity contribution >= 4 is 15.5 Å². The zero-order valence-electron chi connectivity index (χ0n) is 9.53. The first-order valence-corrected chi connectivity index (χ1v) is 6.30. The molecule has 0 fully saturated rings. The van der Waals surface area contributed by atoms with Crippen LogP contribution in [-0.2, 0) is 9.84 Å². The van der Waals surface area contributed by atoms with Crippen molar-refractivity contribution in [1.82, 2.24) is 0 Å². The Morgan fingerprint density at radius 1 is 1.07 bits per heavy atom. The lowest BCUT2D eigenvalue weighted by Gasteiger charge is -2.19. The van der Waals surface area contributed by atoms with Crippen LogP contribution >= 0.6 is 0 Å². The Morgan fingerprint density at radius 2 is 1.53 bits per heavy atom. The van der Waals surface area contributed by atoms with E-state index < -0.39 is 14.6 Å². The summed E-state index contributed by atoms with van der Waals surface area (Å²) in [5.41, 5.74) is 0.905. The second-order valence-electron chi connectivity index (χ2n) is 4.39. The van der Waals surface area contributed by atoms with Gasteiger partial charge in [-0.1, -0.05) is 0 Å². The van der Waals surface area contributed by atoms with Crippen LogP contribution in [0.3, 0.4) is 0 Å². The summed E-state index contributed by atoms with van der Waals surface area (Å²) in [6.45, 7) is 5.11. The van der Waals surface area contributed by atoms with Gasteiger partial charge < -0.3 is 5.32 Å². The Hall–Kier alpha value is -1.03. The number of sulfone groups is 1. The van der Waals surface area contributed by atoms with E-state index in [4.69, 9.17) is 0 Å². The van der Waals surface area contributed by atoms with Gasteiger partial charge in [0, 0.05) is 12.7 Å². The first-order chi connectivity index (χ1) is 6.79. The van der Waals surface area contributed by atoms with Gasteiger partial charge in [0.1, 0.15) is 0 Å². The fourth-order valence-electron chi connectivity index (χ4n) is 1.15. The van der Waals surface area contributed by atoms with E-state index in [0.717, 1.165) is 5.69 Å². The van der Waals surface area contributed by atoms with E-state index in [1.807, 2.05) is 0 Å². The monoisotopic (exact) mass is 227 g/mol. The number of benzene rings is 1. The smallest absolute Gasteiger partial charge is 0.183 e. The summed E-state index contributed by atoms with van der Waals surface area (Å²) in [5, 5.41) is 2.95. The van der Waals surface area contributed by atoms with Crippen LogP contribution in [0, 0.1) is 0 Å². The van der Waals surface area contributed by atoms with Crippen LogP contribution in [-0.4, -0.2) is 20.2 Å². The predicted molar refractivity (Wildman–Crippen MR) is 62.9 cm³/mol. The summed E-state index contributed by atoms with van der Waals surface area (Å²) in [6.07, 6.45) is 0. The van der Waals surface area contributed by atoms with Gasteiger partial charge in [-0.25, -0.2) is 8.42 Å². The van der Waals surface area contributed by atoms with Gasteiger partial charge in [0.05, 0.1) is 9.64 Å². The highest BCUT2D eigenvalue weighted by Crippen LogP contribution is 2.25. The molecule has 4 heteroatoms. The van der Waals surface area contributed by atoms with Crippen LogP contribution in [0.25, 0.3) is 0 Å². The van der Waals surface area contributed by atoms with Crippen molar-refractivity contribution in [1.29, 1.82) is 0 Å². The molecule has 0 spiro atoms. The molecule has 0 heterocycles. The summed E-state index contributed by atoms with van der Waals surface area (Å²) in [4.78, 5) is 0.369. The van der Waals surface area contributed by atoms with E-state index in [0.29, 0.717) is 4.90 Å². The highest BCUT2D eigenvalue weighted by Gasteiger charge is 2.30. The number of anilines is 1. The van der Waals surface area contributed by atoms with Gasteiger partial charge in [0.15, 0.2) is 9.84 Å². The quantitative estimate of drug-likeness (QED) is 0.843. The first-order valence-electron chi connectivity index (χ1n) is 4.81. The lowest BCUT2D eigenvalue weighted by molar-refractivity contribution is 0.560. The number of hydrogen-bond donors (Lipinski definition) is 1. The Bertz CT molecular complexity index is 427. The van der Waals surface area contributed by atoms with Gasteiger partial charge in [-0.15, -0.1) is 0 Å². The average molecular weight is 227 g/mol. The van der Waals surface area contributed by atoms with E-state index in [9.17, 15) is 8.42 Å². The summed E-state index contributed by atoms with van der Waals surface area (Å²) < 4.78 is 23.3. The molecule has 0 saturated heterocycles. The van der Waals surface area contributed by atoms with Crippen molar-refractivity contribution in [3.63, 3.8) is 0 Å². The zero-order valence-corrected chi connectivity index (χ0v) is 10.4. The van der Waals surface area contributed by atoms with Crippen LogP contribution in [0.5, 0.6) is 0 Å². The average Bonchev–Trinajstić information content (AvgIpc) is 2.16. The van der Waals surface area contributed by atoms with Gasteiger partial charge in [-0.2, -0.15) is 0 Å². The Labute approximate surface area is 91.4 Å². The molecule has 0 saturated carbocycles. The Kier molecular flexibility index (Phi) is 3.09. The molecule has 0 unspecified atom stereocenters. The van der Waals surface area contributed by atoms with E-state index in [1.54, 1.807) is 52.1 Å². The summed E-state index contributed by atoms with van der Waals surface area (Å²) in [6, 6.07) is 6.79. The second kappa shape index (κ2) is 3.85. The molecule has 0 atom stereocenters. The molecular weight excluding hydrogens is 210 g/mol. The molecule has 1 N–H and O–H groups in total. The van der Waals surface area contributed by atoms with E-state index >= 15 is 0 Å². The third-order valence-electron chi connectivity index (χ3n) is 2.26. The maximum atomic E-state index is 12.0. The highest BCUT2D eigenvalue weighted by molar-refractivity contribution is 7.92. The van der Waals surface area contributed by atoms with Crippen molar-refractivity contribution < 1.29 is 8.42 Å². The third-order valence-corrected chi connectivity index (χ3v) is 4.76. The third kappa shape index (κ3) is 2.31.